The van der Waals surface area contributed by atoms with Gasteiger partial charge in [-0.25, -0.2) is 4.39 Å². The van der Waals surface area contributed by atoms with Crippen LogP contribution in [0.15, 0.2) is 24.3 Å². The molecule has 0 saturated heterocycles. The van der Waals surface area contributed by atoms with E-state index in [2.05, 4.69) is 5.32 Å². The van der Waals surface area contributed by atoms with Crippen molar-refractivity contribution in [2.24, 2.45) is 5.73 Å². The Labute approximate surface area is 156 Å². The largest absolute Gasteiger partial charge is 0.365 e. The topological polar surface area (TPSA) is 75.4 Å². The van der Waals surface area contributed by atoms with Gasteiger partial charge in [0.05, 0.1) is 12.1 Å². The van der Waals surface area contributed by atoms with Gasteiger partial charge in [0.2, 0.25) is 5.91 Å². The molecule has 0 unspecified atom stereocenters. The molecule has 2 aromatic rings. The van der Waals surface area contributed by atoms with Crippen LogP contribution in [-0.4, -0.2) is 30.3 Å². The van der Waals surface area contributed by atoms with Gasteiger partial charge in [0, 0.05) is 11.4 Å². The van der Waals surface area contributed by atoms with Crippen molar-refractivity contribution in [3.8, 4) is 0 Å². The van der Waals surface area contributed by atoms with Crippen molar-refractivity contribution in [1.29, 1.82) is 0 Å². The second kappa shape index (κ2) is 7.97. The zero-order chi connectivity index (χ0) is 18.7. The molecule has 1 aromatic heterocycles. The molecule has 3 N–H and O–H groups in total. The van der Waals surface area contributed by atoms with Crippen LogP contribution in [0.2, 0.25) is 0 Å². The van der Waals surface area contributed by atoms with Crippen molar-refractivity contribution in [1.82, 2.24) is 4.90 Å². The molecule has 26 heavy (non-hydrogen) atoms. The van der Waals surface area contributed by atoms with E-state index in [9.17, 15) is 14.0 Å². The van der Waals surface area contributed by atoms with Crippen molar-refractivity contribution in [2.45, 2.75) is 32.2 Å². The van der Waals surface area contributed by atoms with Gasteiger partial charge < -0.3 is 11.1 Å². The van der Waals surface area contributed by atoms with Crippen LogP contribution in [0.1, 0.15) is 39.2 Å². The maximum atomic E-state index is 13.0. The van der Waals surface area contributed by atoms with Crippen LogP contribution in [0, 0.1) is 5.82 Å². The van der Waals surface area contributed by atoms with Crippen LogP contribution in [-0.2, 0) is 24.2 Å². The minimum Gasteiger partial charge on any atom is -0.365 e. The molecule has 3 rings (SSSR count). The fraction of sp³-hybridized carbons (Fsp3) is 0.368. The Balaban J connectivity index is 1.65. The van der Waals surface area contributed by atoms with Crippen LogP contribution in [0.25, 0.3) is 0 Å². The van der Waals surface area contributed by atoms with E-state index in [-0.39, 0.29) is 18.3 Å². The van der Waals surface area contributed by atoms with E-state index >= 15 is 0 Å². The standard InChI is InChI=1S/C19H22FN3O2S/c1-23(10-12-6-8-13(20)9-7-12)11-16(24)22-19-17(18(21)25)14-4-2-3-5-15(14)26-19/h6-9H,2-5,10-11H2,1H3,(H2,21,25)(H,22,24). The number of aryl methyl sites for hydroxylation is 1. The smallest absolute Gasteiger partial charge is 0.251 e. The van der Waals surface area contributed by atoms with E-state index in [0.717, 1.165) is 41.7 Å². The first kappa shape index (κ1) is 18.5. The molecule has 0 saturated carbocycles. The highest BCUT2D eigenvalue weighted by atomic mass is 32.1. The summed E-state index contributed by atoms with van der Waals surface area (Å²) in [5.41, 5.74) is 7.95. The molecule has 0 fully saturated rings. The molecule has 0 aliphatic heterocycles. The van der Waals surface area contributed by atoms with Gasteiger partial charge >= 0.3 is 0 Å². The van der Waals surface area contributed by atoms with Crippen molar-refractivity contribution < 1.29 is 14.0 Å². The summed E-state index contributed by atoms with van der Waals surface area (Å²) in [5.74, 6) is -0.968. The number of nitrogens with one attached hydrogen (secondary N) is 1. The number of hydrogen-bond donors (Lipinski definition) is 2. The molecule has 0 spiro atoms. The summed E-state index contributed by atoms with van der Waals surface area (Å²) in [6.45, 7) is 0.690. The fourth-order valence-corrected chi connectivity index (χ4v) is 4.59. The summed E-state index contributed by atoms with van der Waals surface area (Å²) in [7, 11) is 1.82. The number of nitrogens with two attached hydrogens (primary N) is 1. The molecular weight excluding hydrogens is 353 g/mol. The van der Waals surface area contributed by atoms with Gasteiger partial charge in [-0.05, 0) is 56.0 Å². The number of carbonyl (C=O) groups is 2. The maximum Gasteiger partial charge on any atom is 0.251 e. The number of halogens is 1. The van der Waals surface area contributed by atoms with Crippen molar-refractivity contribution in [3.05, 3.63) is 51.7 Å². The molecule has 1 heterocycles. The quantitative estimate of drug-likeness (QED) is 0.815. The van der Waals surface area contributed by atoms with Crippen LogP contribution < -0.4 is 11.1 Å². The highest BCUT2D eigenvalue weighted by molar-refractivity contribution is 7.17. The second-order valence-corrected chi connectivity index (χ2v) is 7.73. The lowest BCUT2D eigenvalue weighted by molar-refractivity contribution is -0.117. The second-order valence-electron chi connectivity index (χ2n) is 6.63. The van der Waals surface area contributed by atoms with Crippen LogP contribution >= 0.6 is 11.3 Å². The lowest BCUT2D eigenvalue weighted by atomic mass is 9.95. The van der Waals surface area contributed by atoms with Crippen LogP contribution in [0.3, 0.4) is 0 Å². The normalized spacial score (nSPS) is 13.5. The number of benzene rings is 1. The number of primary amides is 1. The van der Waals surface area contributed by atoms with Gasteiger partial charge in [0.15, 0.2) is 0 Å². The first-order valence-electron chi connectivity index (χ1n) is 8.61. The van der Waals surface area contributed by atoms with Gasteiger partial charge in [-0.15, -0.1) is 11.3 Å². The Bertz CT molecular complexity index is 817. The van der Waals surface area contributed by atoms with E-state index in [1.54, 1.807) is 12.1 Å². The predicted octanol–water partition coefficient (Wildman–Crippen LogP) is 2.94. The Hall–Kier alpha value is -2.25. The average molecular weight is 375 g/mol. The average Bonchev–Trinajstić information content (AvgIpc) is 2.94. The molecular formula is C19H22FN3O2S. The summed E-state index contributed by atoms with van der Waals surface area (Å²) in [6, 6.07) is 6.20. The number of rotatable bonds is 6. The zero-order valence-electron chi connectivity index (χ0n) is 14.7. The zero-order valence-corrected chi connectivity index (χ0v) is 15.5. The minimum absolute atomic E-state index is 0.165. The summed E-state index contributed by atoms with van der Waals surface area (Å²) in [5, 5.41) is 3.41. The lowest BCUT2D eigenvalue weighted by Gasteiger charge is -2.16. The molecule has 2 amide bonds. The minimum atomic E-state index is -0.487. The van der Waals surface area contributed by atoms with Gasteiger partial charge in [-0.1, -0.05) is 12.1 Å². The van der Waals surface area contributed by atoms with Crippen LogP contribution in [0.4, 0.5) is 9.39 Å². The van der Waals surface area contributed by atoms with E-state index < -0.39 is 5.91 Å². The van der Waals surface area contributed by atoms with Crippen molar-refractivity contribution >= 4 is 28.2 Å². The van der Waals surface area contributed by atoms with E-state index in [0.29, 0.717) is 17.1 Å². The van der Waals surface area contributed by atoms with Crippen molar-refractivity contribution in [2.75, 3.05) is 18.9 Å². The summed E-state index contributed by atoms with van der Waals surface area (Å²) >= 11 is 1.46. The SMILES string of the molecule is CN(CC(=O)Nc1sc2c(c1C(N)=O)CCCC2)Cc1ccc(F)cc1. The molecule has 0 radical (unpaired) electrons. The summed E-state index contributed by atoms with van der Waals surface area (Å²) in [6.07, 6.45) is 3.91. The molecule has 138 valence electrons. The van der Waals surface area contributed by atoms with Gasteiger partial charge in [0.1, 0.15) is 10.8 Å². The number of fused-ring (bicyclic) bond motifs is 1. The Morgan fingerprint density at radius 3 is 2.62 bits per heavy atom. The molecule has 5 nitrogen and oxygen atoms in total. The Morgan fingerprint density at radius 2 is 1.92 bits per heavy atom. The predicted molar refractivity (Wildman–Crippen MR) is 101 cm³/mol. The first-order chi connectivity index (χ1) is 12.4. The van der Waals surface area contributed by atoms with E-state index in [4.69, 9.17) is 5.73 Å². The number of anilines is 1. The number of thiophene rings is 1. The third-order valence-corrected chi connectivity index (χ3v) is 5.66. The molecule has 1 aliphatic carbocycles. The van der Waals surface area contributed by atoms with Crippen LogP contribution in [0.5, 0.6) is 0 Å². The molecule has 1 aliphatic rings. The highest BCUT2D eigenvalue weighted by Crippen LogP contribution is 2.37. The molecule has 0 atom stereocenters. The number of amides is 2. The number of hydrogen-bond acceptors (Lipinski definition) is 4. The van der Waals surface area contributed by atoms with E-state index in [1.165, 1.54) is 23.5 Å². The monoisotopic (exact) mass is 375 g/mol. The molecule has 7 heteroatoms. The number of likely N-dealkylation sites (N-methyl/N-ethyl adjacent to an activating group) is 1. The van der Waals surface area contributed by atoms with Gasteiger partial charge in [-0.2, -0.15) is 0 Å². The molecule has 0 bridgehead atoms. The third-order valence-electron chi connectivity index (χ3n) is 4.45. The Kier molecular flexibility index (Phi) is 5.68. The molecule has 1 aromatic carbocycles. The lowest BCUT2D eigenvalue weighted by Crippen LogP contribution is -2.30. The van der Waals surface area contributed by atoms with Gasteiger partial charge in [0.25, 0.3) is 5.91 Å². The van der Waals surface area contributed by atoms with E-state index in [1.807, 2.05) is 11.9 Å². The summed E-state index contributed by atoms with van der Waals surface area (Å²) < 4.78 is 13.0. The maximum absolute atomic E-state index is 13.0. The van der Waals surface area contributed by atoms with Gasteiger partial charge in [-0.3, -0.25) is 14.5 Å². The number of carbonyl (C=O) groups excluding carboxylic acids is 2. The number of nitrogens with zero attached hydrogens (tertiary/aromatic N) is 1. The van der Waals surface area contributed by atoms with Crippen molar-refractivity contribution in [3.63, 3.8) is 0 Å². The Morgan fingerprint density at radius 1 is 1.23 bits per heavy atom. The fourth-order valence-electron chi connectivity index (χ4n) is 3.28. The highest BCUT2D eigenvalue weighted by Gasteiger charge is 2.25. The first-order valence-corrected chi connectivity index (χ1v) is 9.43. The third kappa shape index (κ3) is 4.28. The summed E-state index contributed by atoms with van der Waals surface area (Å²) in [4.78, 5) is 27.2.